The first-order valence-electron chi connectivity index (χ1n) is 7.64. The minimum absolute atomic E-state index is 0.333. The highest BCUT2D eigenvalue weighted by Gasteiger charge is 2.46. The predicted molar refractivity (Wildman–Crippen MR) is 74.3 cm³/mol. The lowest BCUT2D eigenvalue weighted by molar-refractivity contribution is -0.137. The molecular formula is C17H21NO. The van der Waals surface area contributed by atoms with Gasteiger partial charge in [-0.05, 0) is 49.5 Å². The Morgan fingerprint density at radius 1 is 0.947 bits per heavy atom. The van der Waals surface area contributed by atoms with E-state index in [0.29, 0.717) is 17.9 Å². The Balaban J connectivity index is 1.62. The molecule has 2 saturated heterocycles. The van der Waals surface area contributed by atoms with E-state index in [1.807, 2.05) is 6.07 Å². The van der Waals surface area contributed by atoms with E-state index in [4.69, 9.17) is 0 Å². The van der Waals surface area contributed by atoms with Crippen molar-refractivity contribution in [3.63, 3.8) is 0 Å². The average molecular weight is 255 g/mol. The SMILES string of the molecule is O=C1C2CC3CC(C2)CC(C3)N1Cc1ccccc1. The van der Waals surface area contributed by atoms with Crippen LogP contribution in [0.3, 0.4) is 0 Å². The highest BCUT2D eigenvalue weighted by molar-refractivity contribution is 5.80. The molecule has 1 aromatic carbocycles. The van der Waals surface area contributed by atoms with E-state index in [0.717, 1.165) is 31.2 Å². The van der Waals surface area contributed by atoms with Crippen molar-refractivity contribution < 1.29 is 4.79 Å². The third-order valence-corrected chi connectivity index (χ3v) is 5.38. The Labute approximate surface area is 114 Å². The molecule has 5 rings (SSSR count). The summed E-state index contributed by atoms with van der Waals surface area (Å²) in [5.41, 5.74) is 1.28. The zero-order valence-electron chi connectivity index (χ0n) is 11.3. The van der Waals surface area contributed by atoms with E-state index >= 15 is 0 Å². The Morgan fingerprint density at radius 3 is 2.32 bits per heavy atom. The van der Waals surface area contributed by atoms with Gasteiger partial charge in [0.2, 0.25) is 5.91 Å². The van der Waals surface area contributed by atoms with Crippen molar-refractivity contribution in [3.8, 4) is 0 Å². The molecule has 4 fully saturated rings. The highest BCUT2D eigenvalue weighted by atomic mass is 16.2. The largest absolute Gasteiger partial charge is 0.335 e. The molecule has 0 N–H and O–H groups in total. The number of carbonyl (C=O) groups is 1. The molecule has 0 aromatic heterocycles. The average Bonchev–Trinajstić information content (AvgIpc) is 2.56. The maximum Gasteiger partial charge on any atom is 0.226 e. The molecule has 2 heteroatoms. The van der Waals surface area contributed by atoms with Gasteiger partial charge in [0.05, 0.1) is 0 Å². The topological polar surface area (TPSA) is 20.3 Å². The van der Waals surface area contributed by atoms with Gasteiger partial charge in [-0.15, -0.1) is 0 Å². The zero-order chi connectivity index (χ0) is 12.8. The second-order valence-corrected chi connectivity index (χ2v) is 6.71. The molecule has 2 heterocycles. The summed E-state index contributed by atoms with van der Waals surface area (Å²) in [4.78, 5) is 14.9. The zero-order valence-corrected chi connectivity index (χ0v) is 11.3. The van der Waals surface area contributed by atoms with Crippen molar-refractivity contribution in [3.05, 3.63) is 35.9 Å². The van der Waals surface area contributed by atoms with Crippen LogP contribution in [0.25, 0.3) is 0 Å². The summed E-state index contributed by atoms with van der Waals surface area (Å²) in [6.45, 7) is 0.820. The molecule has 0 radical (unpaired) electrons. The molecular weight excluding hydrogens is 234 g/mol. The second kappa shape index (κ2) is 4.36. The van der Waals surface area contributed by atoms with Crippen LogP contribution in [-0.2, 0) is 11.3 Å². The first-order valence-corrected chi connectivity index (χ1v) is 7.64. The molecule has 4 aliphatic rings. The number of hydrogen-bond acceptors (Lipinski definition) is 1. The number of nitrogens with zero attached hydrogens (tertiary/aromatic N) is 1. The van der Waals surface area contributed by atoms with Crippen LogP contribution in [0.4, 0.5) is 0 Å². The first-order chi connectivity index (χ1) is 9.29. The molecule has 2 aliphatic carbocycles. The second-order valence-electron chi connectivity index (χ2n) is 6.71. The van der Waals surface area contributed by atoms with Crippen molar-refractivity contribution in [2.75, 3.05) is 0 Å². The fourth-order valence-corrected chi connectivity index (χ4v) is 4.67. The minimum atomic E-state index is 0.333. The Morgan fingerprint density at radius 2 is 1.63 bits per heavy atom. The summed E-state index contributed by atoms with van der Waals surface area (Å²) in [5.74, 6) is 2.43. The summed E-state index contributed by atoms with van der Waals surface area (Å²) >= 11 is 0. The van der Waals surface area contributed by atoms with Gasteiger partial charge in [-0.25, -0.2) is 0 Å². The quantitative estimate of drug-likeness (QED) is 0.794. The molecule has 2 nitrogen and oxygen atoms in total. The number of amides is 1. The molecule has 19 heavy (non-hydrogen) atoms. The van der Waals surface area contributed by atoms with E-state index < -0.39 is 0 Å². The van der Waals surface area contributed by atoms with Gasteiger partial charge < -0.3 is 4.90 Å². The van der Waals surface area contributed by atoms with Crippen molar-refractivity contribution >= 4 is 5.91 Å². The third kappa shape index (κ3) is 1.98. The monoisotopic (exact) mass is 255 g/mol. The van der Waals surface area contributed by atoms with Gasteiger partial charge in [0.1, 0.15) is 0 Å². The van der Waals surface area contributed by atoms with Crippen LogP contribution in [0, 0.1) is 17.8 Å². The van der Waals surface area contributed by atoms with Gasteiger partial charge in [-0.3, -0.25) is 4.79 Å². The van der Waals surface area contributed by atoms with Crippen molar-refractivity contribution in [2.45, 2.75) is 44.7 Å². The van der Waals surface area contributed by atoms with Crippen molar-refractivity contribution in [1.29, 1.82) is 0 Å². The number of hydrogen-bond donors (Lipinski definition) is 0. The summed E-state index contributed by atoms with van der Waals surface area (Å²) in [5, 5.41) is 0. The number of fused-ring (bicyclic) bond motifs is 1. The van der Waals surface area contributed by atoms with Crippen LogP contribution in [0.5, 0.6) is 0 Å². The van der Waals surface area contributed by atoms with Crippen LogP contribution in [0.2, 0.25) is 0 Å². The summed E-state index contributed by atoms with van der Waals surface area (Å²) < 4.78 is 0. The van der Waals surface area contributed by atoms with E-state index in [9.17, 15) is 4.79 Å². The van der Waals surface area contributed by atoms with Crippen LogP contribution >= 0.6 is 0 Å². The molecule has 0 spiro atoms. The molecule has 2 atom stereocenters. The Bertz CT molecular complexity index is 469. The minimum Gasteiger partial charge on any atom is -0.335 e. The van der Waals surface area contributed by atoms with Crippen LogP contribution < -0.4 is 0 Å². The Hall–Kier alpha value is -1.31. The predicted octanol–water partition coefficient (Wildman–Crippen LogP) is 3.22. The van der Waals surface area contributed by atoms with E-state index in [2.05, 4.69) is 29.2 Å². The summed E-state index contributed by atoms with van der Waals surface area (Å²) in [6.07, 6.45) is 6.23. The molecule has 4 bridgehead atoms. The molecule has 100 valence electrons. The fourth-order valence-electron chi connectivity index (χ4n) is 4.67. The van der Waals surface area contributed by atoms with Gasteiger partial charge in [0.15, 0.2) is 0 Å². The van der Waals surface area contributed by atoms with Gasteiger partial charge in [-0.2, -0.15) is 0 Å². The van der Waals surface area contributed by atoms with Gasteiger partial charge >= 0.3 is 0 Å². The van der Waals surface area contributed by atoms with Gasteiger partial charge in [0.25, 0.3) is 0 Å². The lowest BCUT2D eigenvalue weighted by Crippen LogP contribution is -2.40. The third-order valence-electron chi connectivity index (χ3n) is 5.38. The smallest absolute Gasteiger partial charge is 0.226 e. The highest BCUT2D eigenvalue weighted by Crippen LogP contribution is 2.48. The van der Waals surface area contributed by atoms with Crippen molar-refractivity contribution in [2.24, 2.45) is 17.8 Å². The molecule has 2 unspecified atom stereocenters. The van der Waals surface area contributed by atoms with E-state index in [1.165, 1.54) is 24.8 Å². The van der Waals surface area contributed by atoms with Crippen LogP contribution in [-0.4, -0.2) is 16.8 Å². The van der Waals surface area contributed by atoms with E-state index in [1.54, 1.807) is 0 Å². The normalized spacial score (nSPS) is 36.6. The summed E-state index contributed by atoms with van der Waals surface area (Å²) in [7, 11) is 0. The maximum absolute atomic E-state index is 12.7. The van der Waals surface area contributed by atoms with Crippen LogP contribution in [0.1, 0.15) is 37.7 Å². The maximum atomic E-state index is 12.7. The molecule has 2 aliphatic heterocycles. The van der Waals surface area contributed by atoms with Crippen molar-refractivity contribution in [1.82, 2.24) is 4.90 Å². The molecule has 2 saturated carbocycles. The number of benzene rings is 1. The van der Waals surface area contributed by atoms with Gasteiger partial charge in [-0.1, -0.05) is 30.3 Å². The van der Waals surface area contributed by atoms with Crippen LogP contribution in [0.15, 0.2) is 30.3 Å². The first kappa shape index (κ1) is 11.5. The number of rotatable bonds is 2. The molecule has 1 amide bonds. The lowest BCUT2D eigenvalue weighted by Gasteiger charge is -2.38. The lowest BCUT2D eigenvalue weighted by atomic mass is 9.68. The fraction of sp³-hybridized carbons (Fsp3) is 0.588. The molecule has 1 aromatic rings. The van der Waals surface area contributed by atoms with Gasteiger partial charge in [0, 0.05) is 18.5 Å². The standard InChI is InChI=1S/C17H21NO/c19-17-15-7-13-6-14(8-15)10-16(9-13)18(17)11-12-4-2-1-3-5-12/h1-5,13-16H,6-11H2. The summed E-state index contributed by atoms with van der Waals surface area (Å²) in [6, 6.07) is 11.0. The Kier molecular flexibility index (Phi) is 2.64. The van der Waals surface area contributed by atoms with E-state index in [-0.39, 0.29) is 0 Å². The number of carbonyl (C=O) groups excluding carboxylic acids is 1.